The molecule has 0 aromatic heterocycles. The first-order valence-corrected chi connectivity index (χ1v) is 5.00. The molecule has 0 aliphatic heterocycles. The fourth-order valence-electron chi connectivity index (χ4n) is 0.786. The maximum atomic E-state index is 10.8. The number of carbonyl (C=O) groups is 2. The molecule has 0 aromatic carbocycles. The summed E-state index contributed by atoms with van der Waals surface area (Å²) < 4.78 is 14.0. The molecule has 0 spiro atoms. The molecule has 0 aromatic rings. The Hall–Kier alpha value is -1.96. The van der Waals surface area contributed by atoms with E-state index in [-0.39, 0.29) is 5.92 Å². The van der Waals surface area contributed by atoms with Crippen LogP contribution in [0.3, 0.4) is 0 Å². The van der Waals surface area contributed by atoms with Crippen LogP contribution in [0.2, 0.25) is 0 Å². The molecule has 0 amide bonds. The summed E-state index contributed by atoms with van der Waals surface area (Å²) in [4.78, 5) is 21.6. The lowest BCUT2D eigenvalue weighted by Gasteiger charge is -2.13. The topological polar surface area (TPSA) is 61.8 Å². The average Bonchev–Trinajstić information content (AvgIpc) is 2.31. The van der Waals surface area contributed by atoms with Gasteiger partial charge in [0.15, 0.2) is 6.10 Å². The van der Waals surface area contributed by atoms with E-state index in [2.05, 4.69) is 21.3 Å². The largest absolute Gasteiger partial charge is 0.485 e. The SMILES string of the molecule is COC(=O)C#C[C@@H](O/C=C/C(=O)OC)C(C)C. The highest BCUT2D eigenvalue weighted by Crippen LogP contribution is 2.05. The van der Waals surface area contributed by atoms with Gasteiger partial charge in [0, 0.05) is 11.8 Å². The fourth-order valence-corrected chi connectivity index (χ4v) is 0.786. The normalized spacial score (nSPS) is 11.6. The second kappa shape index (κ2) is 8.22. The predicted octanol–water partition coefficient (Wildman–Crippen LogP) is 0.891. The number of rotatable bonds is 4. The summed E-state index contributed by atoms with van der Waals surface area (Å²) in [7, 11) is 2.52. The van der Waals surface area contributed by atoms with Crippen molar-refractivity contribution < 1.29 is 23.8 Å². The molecule has 17 heavy (non-hydrogen) atoms. The molecule has 0 aliphatic carbocycles. The summed E-state index contributed by atoms with van der Waals surface area (Å²) >= 11 is 0. The minimum Gasteiger partial charge on any atom is -0.485 e. The number of methoxy groups -OCH3 is 2. The van der Waals surface area contributed by atoms with Crippen molar-refractivity contribution in [1.82, 2.24) is 0 Å². The molecule has 0 rings (SSSR count). The summed E-state index contributed by atoms with van der Waals surface area (Å²) in [6.07, 6.45) is 1.84. The Bertz CT molecular complexity index is 346. The third-order valence-electron chi connectivity index (χ3n) is 1.74. The third-order valence-corrected chi connectivity index (χ3v) is 1.74. The summed E-state index contributed by atoms with van der Waals surface area (Å²) in [5.74, 6) is 3.81. The minimum atomic E-state index is -0.629. The molecule has 0 aliphatic rings. The fraction of sp³-hybridized carbons (Fsp3) is 0.500. The molecular formula is C12H16O5. The van der Waals surface area contributed by atoms with E-state index in [1.807, 2.05) is 13.8 Å². The average molecular weight is 240 g/mol. The number of hydrogen-bond donors (Lipinski definition) is 0. The highest BCUT2D eigenvalue weighted by Gasteiger charge is 2.10. The Morgan fingerprint density at radius 2 is 1.82 bits per heavy atom. The van der Waals surface area contributed by atoms with E-state index in [9.17, 15) is 9.59 Å². The van der Waals surface area contributed by atoms with Gasteiger partial charge in [0.05, 0.1) is 26.6 Å². The Kier molecular flexibility index (Phi) is 7.27. The lowest BCUT2D eigenvalue weighted by Crippen LogP contribution is -2.15. The number of ether oxygens (including phenoxy) is 3. The third kappa shape index (κ3) is 7.01. The molecule has 94 valence electrons. The molecule has 5 nitrogen and oxygen atoms in total. The van der Waals surface area contributed by atoms with Gasteiger partial charge in [0.1, 0.15) is 0 Å². The Balaban J connectivity index is 4.44. The van der Waals surface area contributed by atoms with Gasteiger partial charge in [-0.25, -0.2) is 9.59 Å². The Morgan fingerprint density at radius 3 is 2.29 bits per heavy atom. The van der Waals surface area contributed by atoms with E-state index < -0.39 is 18.0 Å². The van der Waals surface area contributed by atoms with Gasteiger partial charge in [-0.2, -0.15) is 0 Å². The van der Waals surface area contributed by atoms with Crippen molar-refractivity contribution >= 4 is 11.9 Å². The molecule has 0 saturated heterocycles. The van der Waals surface area contributed by atoms with Crippen LogP contribution in [-0.2, 0) is 23.8 Å². The monoisotopic (exact) mass is 240 g/mol. The summed E-state index contributed by atoms with van der Waals surface area (Å²) in [5.41, 5.74) is 0. The van der Waals surface area contributed by atoms with Gasteiger partial charge >= 0.3 is 11.9 Å². The van der Waals surface area contributed by atoms with E-state index in [4.69, 9.17) is 4.74 Å². The maximum absolute atomic E-state index is 10.8. The second-order valence-corrected chi connectivity index (χ2v) is 3.39. The van der Waals surface area contributed by atoms with Crippen molar-refractivity contribution in [2.75, 3.05) is 14.2 Å². The molecule has 0 saturated carbocycles. The lowest BCUT2D eigenvalue weighted by molar-refractivity contribution is -0.135. The van der Waals surface area contributed by atoms with Crippen LogP contribution in [0.1, 0.15) is 13.8 Å². The highest BCUT2D eigenvalue weighted by atomic mass is 16.5. The zero-order valence-corrected chi connectivity index (χ0v) is 10.4. The van der Waals surface area contributed by atoms with Gasteiger partial charge < -0.3 is 14.2 Å². The van der Waals surface area contributed by atoms with Gasteiger partial charge in [-0.05, 0) is 5.92 Å². The molecule has 1 atom stereocenters. The zero-order valence-electron chi connectivity index (χ0n) is 10.4. The molecule has 0 radical (unpaired) electrons. The van der Waals surface area contributed by atoms with Crippen molar-refractivity contribution in [3.8, 4) is 11.8 Å². The van der Waals surface area contributed by atoms with Crippen LogP contribution in [0.4, 0.5) is 0 Å². The number of hydrogen-bond acceptors (Lipinski definition) is 5. The summed E-state index contributed by atoms with van der Waals surface area (Å²) in [6.45, 7) is 3.76. The minimum absolute atomic E-state index is 0.0643. The standard InChI is InChI=1S/C12H16O5/c1-9(2)10(5-6-11(13)15-3)17-8-7-12(14)16-4/h7-10H,1-4H3/b8-7+/t10-/m1/s1. The number of carbonyl (C=O) groups excluding carboxylic acids is 2. The van der Waals surface area contributed by atoms with Crippen molar-refractivity contribution in [3.63, 3.8) is 0 Å². The smallest absolute Gasteiger partial charge is 0.384 e. The zero-order chi connectivity index (χ0) is 13.3. The van der Waals surface area contributed by atoms with E-state index in [1.54, 1.807) is 0 Å². The molecule has 0 unspecified atom stereocenters. The summed E-state index contributed by atoms with van der Waals surface area (Å²) in [5, 5.41) is 0. The first-order valence-electron chi connectivity index (χ1n) is 5.00. The van der Waals surface area contributed by atoms with Crippen LogP contribution in [0, 0.1) is 17.8 Å². The van der Waals surface area contributed by atoms with Crippen LogP contribution in [0.5, 0.6) is 0 Å². The number of esters is 2. The molecule has 0 heterocycles. The van der Waals surface area contributed by atoms with E-state index >= 15 is 0 Å². The Morgan fingerprint density at radius 1 is 1.18 bits per heavy atom. The molecule has 0 fully saturated rings. The van der Waals surface area contributed by atoms with E-state index in [0.29, 0.717) is 0 Å². The molecule has 0 bridgehead atoms. The molecule has 0 N–H and O–H groups in total. The predicted molar refractivity (Wildman–Crippen MR) is 60.7 cm³/mol. The van der Waals surface area contributed by atoms with Crippen molar-refractivity contribution in [2.24, 2.45) is 5.92 Å². The first kappa shape index (κ1) is 15.0. The van der Waals surface area contributed by atoms with Crippen molar-refractivity contribution in [1.29, 1.82) is 0 Å². The van der Waals surface area contributed by atoms with Crippen LogP contribution < -0.4 is 0 Å². The van der Waals surface area contributed by atoms with Gasteiger partial charge in [-0.3, -0.25) is 0 Å². The highest BCUT2D eigenvalue weighted by molar-refractivity contribution is 5.88. The van der Waals surface area contributed by atoms with Gasteiger partial charge in [0.25, 0.3) is 0 Å². The first-order chi connectivity index (χ1) is 8.01. The van der Waals surface area contributed by atoms with Crippen molar-refractivity contribution in [3.05, 3.63) is 12.3 Å². The quantitative estimate of drug-likeness (QED) is 0.240. The van der Waals surface area contributed by atoms with Crippen LogP contribution >= 0.6 is 0 Å². The van der Waals surface area contributed by atoms with Gasteiger partial charge in [0.2, 0.25) is 0 Å². The van der Waals surface area contributed by atoms with Crippen LogP contribution in [0.25, 0.3) is 0 Å². The van der Waals surface area contributed by atoms with E-state index in [0.717, 1.165) is 6.08 Å². The Labute approximate surface area is 101 Å². The van der Waals surface area contributed by atoms with Gasteiger partial charge in [-0.1, -0.05) is 13.8 Å². The summed E-state index contributed by atoms with van der Waals surface area (Å²) in [6, 6.07) is 0. The molecule has 5 heteroatoms. The molecular weight excluding hydrogens is 224 g/mol. The maximum Gasteiger partial charge on any atom is 0.384 e. The van der Waals surface area contributed by atoms with Crippen molar-refractivity contribution in [2.45, 2.75) is 20.0 Å². The van der Waals surface area contributed by atoms with E-state index in [1.165, 1.54) is 20.5 Å². The second-order valence-electron chi connectivity index (χ2n) is 3.39. The van der Waals surface area contributed by atoms with Crippen LogP contribution in [0.15, 0.2) is 12.3 Å². The lowest BCUT2D eigenvalue weighted by atomic mass is 10.1. The van der Waals surface area contributed by atoms with Crippen LogP contribution in [-0.4, -0.2) is 32.3 Å². The van der Waals surface area contributed by atoms with Gasteiger partial charge in [-0.15, -0.1) is 0 Å².